The molecule has 10 rings (SSSR count). The van der Waals surface area contributed by atoms with E-state index in [1.54, 1.807) is 23.7 Å². The van der Waals surface area contributed by atoms with Crippen molar-refractivity contribution in [2.45, 2.75) is 87.7 Å². The fourth-order valence-electron chi connectivity index (χ4n) is 9.37. The lowest BCUT2D eigenvalue weighted by molar-refractivity contribution is -0.0366. The van der Waals surface area contributed by atoms with Gasteiger partial charge in [0.25, 0.3) is 0 Å². The number of aromatic nitrogens is 6. The maximum atomic E-state index is 17.5. The highest BCUT2D eigenvalue weighted by Crippen LogP contribution is 2.51. The zero-order valence-corrected chi connectivity index (χ0v) is 30.5. The molecular formula is C38H43ClF2N8O4. The molecule has 5 aliphatic rings. The van der Waals surface area contributed by atoms with Gasteiger partial charge in [0, 0.05) is 54.5 Å². The molecule has 8 heterocycles. The summed E-state index contributed by atoms with van der Waals surface area (Å²) in [5.74, 6) is 0.0513. The first-order valence-electron chi connectivity index (χ1n) is 18.9. The molecule has 4 saturated heterocycles. The van der Waals surface area contributed by atoms with Gasteiger partial charge in [0.1, 0.15) is 34.9 Å². The van der Waals surface area contributed by atoms with Gasteiger partial charge in [0.2, 0.25) is 0 Å². The van der Waals surface area contributed by atoms with Gasteiger partial charge in [-0.15, -0.1) is 0 Å². The minimum Gasteiger partial charge on any atom is -0.461 e. The summed E-state index contributed by atoms with van der Waals surface area (Å²) < 4.78 is 54.0. The van der Waals surface area contributed by atoms with Gasteiger partial charge in [0.15, 0.2) is 17.9 Å². The molecule has 4 aromatic heterocycles. The predicted molar refractivity (Wildman–Crippen MR) is 195 cm³/mol. The van der Waals surface area contributed by atoms with Crippen LogP contribution in [0.4, 0.5) is 14.6 Å². The van der Waals surface area contributed by atoms with Crippen LogP contribution in [0.5, 0.6) is 6.01 Å². The first-order chi connectivity index (χ1) is 25.7. The Balaban J connectivity index is 1.17. The van der Waals surface area contributed by atoms with E-state index in [9.17, 15) is 9.50 Å². The molecule has 15 heteroatoms. The average Bonchev–Trinajstić information content (AvgIpc) is 3.61. The van der Waals surface area contributed by atoms with E-state index in [0.29, 0.717) is 54.8 Å². The number of benzene rings is 1. The normalized spacial score (nSPS) is 28.4. The minimum absolute atomic E-state index is 0.00253. The van der Waals surface area contributed by atoms with Gasteiger partial charge in [-0.3, -0.25) is 9.88 Å². The third-order valence-corrected chi connectivity index (χ3v) is 12.2. The van der Waals surface area contributed by atoms with Crippen LogP contribution in [-0.2, 0) is 9.47 Å². The number of halogens is 3. The Morgan fingerprint density at radius 1 is 1.11 bits per heavy atom. The van der Waals surface area contributed by atoms with Crippen LogP contribution in [-0.4, -0.2) is 109 Å². The lowest BCUT2D eigenvalue weighted by atomic mass is 9.95. The van der Waals surface area contributed by atoms with Crippen molar-refractivity contribution < 1.29 is 28.1 Å². The molecule has 0 bridgehead atoms. The molecule has 4 aliphatic heterocycles. The molecule has 4 atom stereocenters. The third-order valence-electron chi connectivity index (χ3n) is 11.9. The second-order valence-corrected chi connectivity index (χ2v) is 16.3. The fourth-order valence-corrected chi connectivity index (χ4v) is 9.72. The summed E-state index contributed by atoms with van der Waals surface area (Å²) in [5.41, 5.74) is 2.03. The van der Waals surface area contributed by atoms with E-state index in [0.717, 1.165) is 73.5 Å². The van der Waals surface area contributed by atoms with Crippen LogP contribution in [0.3, 0.4) is 0 Å². The van der Waals surface area contributed by atoms with Gasteiger partial charge in [-0.25, -0.2) is 13.5 Å². The monoisotopic (exact) mass is 748 g/mol. The van der Waals surface area contributed by atoms with E-state index in [-0.39, 0.29) is 48.9 Å². The van der Waals surface area contributed by atoms with Crippen molar-refractivity contribution in [1.82, 2.24) is 34.0 Å². The lowest BCUT2D eigenvalue weighted by Crippen LogP contribution is -2.44. The Morgan fingerprint density at radius 3 is 2.83 bits per heavy atom. The van der Waals surface area contributed by atoms with Crippen molar-refractivity contribution in [2.24, 2.45) is 0 Å². The van der Waals surface area contributed by atoms with E-state index in [1.165, 1.54) is 0 Å². The van der Waals surface area contributed by atoms with Crippen LogP contribution in [0.15, 0.2) is 24.7 Å². The first kappa shape index (κ1) is 33.8. The third kappa shape index (κ3) is 5.66. The predicted octanol–water partition coefficient (Wildman–Crippen LogP) is 6.21. The fraction of sp³-hybridized carbons (Fsp3) is 0.579. The van der Waals surface area contributed by atoms with Crippen molar-refractivity contribution in [1.29, 1.82) is 0 Å². The van der Waals surface area contributed by atoms with Gasteiger partial charge < -0.3 is 28.6 Å². The Hall–Kier alpha value is -3.69. The van der Waals surface area contributed by atoms with Gasteiger partial charge in [-0.2, -0.15) is 15.1 Å². The molecule has 0 amide bonds. The number of alkyl halides is 1. The molecule has 0 radical (unpaired) electrons. The summed E-state index contributed by atoms with van der Waals surface area (Å²) in [7, 11) is 0. The lowest BCUT2D eigenvalue weighted by Gasteiger charge is -2.31. The Kier molecular flexibility index (Phi) is 8.10. The summed E-state index contributed by atoms with van der Waals surface area (Å²) in [5, 5.41) is 17.4. The molecule has 1 saturated carbocycles. The number of anilines is 1. The number of hydrogen-bond acceptors (Lipinski definition) is 10. The molecule has 1 aliphatic carbocycles. The smallest absolute Gasteiger partial charge is 0.319 e. The average molecular weight is 749 g/mol. The van der Waals surface area contributed by atoms with Crippen LogP contribution in [0.1, 0.15) is 76.0 Å². The maximum Gasteiger partial charge on any atom is 0.319 e. The molecule has 12 nitrogen and oxygen atoms in total. The van der Waals surface area contributed by atoms with Crippen LogP contribution < -0.4 is 9.64 Å². The Morgan fingerprint density at radius 2 is 2.00 bits per heavy atom. The molecule has 1 aromatic carbocycles. The number of aliphatic hydroxyl groups is 1. The van der Waals surface area contributed by atoms with Gasteiger partial charge >= 0.3 is 6.01 Å². The van der Waals surface area contributed by atoms with E-state index >= 15 is 4.39 Å². The zero-order chi connectivity index (χ0) is 36.1. The second kappa shape index (κ2) is 12.7. The first-order valence-corrected chi connectivity index (χ1v) is 19.3. The second-order valence-electron chi connectivity index (χ2n) is 15.9. The molecule has 1 unspecified atom stereocenters. The van der Waals surface area contributed by atoms with Crippen LogP contribution in [0.2, 0.25) is 5.02 Å². The highest BCUT2D eigenvalue weighted by molar-refractivity contribution is 6.33. The van der Waals surface area contributed by atoms with Crippen molar-refractivity contribution in [3.63, 3.8) is 0 Å². The van der Waals surface area contributed by atoms with Crippen LogP contribution in [0.25, 0.3) is 38.7 Å². The minimum atomic E-state index is -1.19. The number of β-amino-alcohol motifs (C(OH)–C–C–N with tert-alkyl or cyclic N) is 1. The topological polar surface area (TPSA) is 115 Å². The van der Waals surface area contributed by atoms with Gasteiger partial charge in [-0.1, -0.05) is 11.6 Å². The van der Waals surface area contributed by atoms with E-state index in [4.69, 9.17) is 45.9 Å². The SMILES string of the molecule is C[C@@]1(O)COCCN(c2nc(OC[C@@]34CCCN3C[C@H](F)C4)nc3c(F)c4c(-c5c(C6CC6)c(Cl)cc6c5cnn6C5CCCCO5)nccn4c23)C1. The molecule has 1 N–H and O–H groups in total. The summed E-state index contributed by atoms with van der Waals surface area (Å²) in [4.78, 5) is 18.6. The van der Waals surface area contributed by atoms with Crippen LogP contribution >= 0.6 is 11.6 Å². The Labute approximate surface area is 310 Å². The molecule has 5 aromatic rings. The summed E-state index contributed by atoms with van der Waals surface area (Å²) in [6, 6.07) is 1.97. The quantitative estimate of drug-likeness (QED) is 0.206. The molecule has 0 spiro atoms. The van der Waals surface area contributed by atoms with Gasteiger partial charge in [-0.05, 0) is 76.0 Å². The van der Waals surface area contributed by atoms with E-state index in [2.05, 4.69) is 4.90 Å². The zero-order valence-electron chi connectivity index (χ0n) is 29.7. The van der Waals surface area contributed by atoms with Gasteiger partial charge in [0.05, 0.1) is 42.7 Å². The van der Waals surface area contributed by atoms with Crippen LogP contribution in [0, 0.1) is 5.82 Å². The van der Waals surface area contributed by atoms with E-state index in [1.807, 2.05) is 21.8 Å². The van der Waals surface area contributed by atoms with Crippen molar-refractivity contribution in [3.8, 4) is 17.3 Å². The summed E-state index contributed by atoms with van der Waals surface area (Å²) in [6.07, 6.45) is 11.1. The highest BCUT2D eigenvalue weighted by atomic mass is 35.5. The summed E-state index contributed by atoms with van der Waals surface area (Å²) in [6.45, 7) is 4.86. The number of hydrogen-bond donors (Lipinski definition) is 1. The summed E-state index contributed by atoms with van der Waals surface area (Å²) >= 11 is 7.14. The van der Waals surface area contributed by atoms with Crippen molar-refractivity contribution in [3.05, 3.63) is 41.1 Å². The number of rotatable bonds is 7. The molecular weight excluding hydrogens is 706 g/mol. The van der Waals surface area contributed by atoms with Crippen molar-refractivity contribution in [2.75, 3.05) is 57.5 Å². The Bertz CT molecular complexity index is 2240. The van der Waals surface area contributed by atoms with E-state index < -0.39 is 23.1 Å². The number of fused-ring (bicyclic) bond motifs is 5. The highest BCUT2D eigenvalue weighted by Gasteiger charge is 2.49. The number of nitrogens with zero attached hydrogens (tertiary/aromatic N) is 8. The molecule has 53 heavy (non-hydrogen) atoms. The molecule has 280 valence electrons. The maximum absolute atomic E-state index is 17.5. The molecule has 5 fully saturated rings. The number of ether oxygens (including phenoxy) is 3. The largest absolute Gasteiger partial charge is 0.461 e. The van der Waals surface area contributed by atoms with Crippen molar-refractivity contribution >= 4 is 44.9 Å². The standard InChI is InChI=1S/C38H43ClF2N8O4/c1-37(50)19-46(12-14-51-20-37)35-34-32(44-36(45-35)53-21-38-8-4-10-47(38)18-23(40)16-38)30(41)33-31(42-9-11-48(33)34)29-24-17-43-49(27-5-2-3-13-52-27)26(24)15-25(39)28(29)22-6-7-22/h9,11,15,17,22-23,27,50H,2-8,10,12-14,16,18-21H2,1H3/t23-,27?,37+,38+/m1/s1.